The summed E-state index contributed by atoms with van der Waals surface area (Å²) in [6.07, 6.45) is 9.62. The molecule has 2 bridgehead atoms. The van der Waals surface area contributed by atoms with E-state index < -0.39 is 89.0 Å². The van der Waals surface area contributed by atoms with Gasteiger partial charge in [0, 0.05) is 48.0 Å². The van der Waals surface area contributed by atoms with Crippen molar-refractivity contribution in [2.45, 2.75) is 175 Å². The molecule has 5 N–H and O–H groups in total. The van der Waals surface area contributed by atoms with Gasteiger partial charge in [-0.05, 0) is 70.1 Å². The van der Waals surface area contributed by atoms with Crippen LogP contribution in [0.4, 0.5) is 0 Å². The quantitative estimate of drug-likeness (QED) is 0.216. The van der Waals surface area contributed by atoms with Crippen LogP contribution in [0.3, 0.4) is 0 Å². The number of rotatable bonds is 3. The molecule has 0 unspecified atom stereocenters. The van der Waals surface area contributed by atoms with Gasteiger partial charge < -0.3 is 39.7 Å². The third-order valence-corrected chi connectivity index (χ3v) is 13.4. The van der Waals surface area contributed by atoms with Crippen molar-refractivity contribution < 1.29 is 54.1 Å². The smallest absolute Gasteiger partial charge is 0.330 e. The minimum atomic E-state index is -2.18. The predicted octanol–water partition coefficient (Wildman–Crippen LogP) is 5.88. The Balaban J connectivity index is 1.99. The first kappa shape index (κ1) is 48.1. The Morgan fingerprint density at radius 2 is 1.48 bits per heavy atom. The summed E-state index contributed by atoms with van der Waals surface area (Å²) in [7, 11) is 0. The van der Waals surface area contributed by atoms with E-state index >= 15 is 0 Å². The van der Waals surface area contributed by atoms with Gasteiger partial charge in [-0.3, -0.25) is 9.59 Å². The van der Waals surface area contributed by atoms with E-state index in [0.29, 0.717) is 25.7 Å². The second kappa shape index (κ2) is 20.6. The lowest BCUT2D eigenvalue weighted by atomic mass is 9.74. The number of ether oxygens (including phenoxy) is 3. The van der Waals surface area contributed by atoms with Crippen LogP contribution in [-0.4, -0.2) is 97.2 Å². The maximum Gasteiger partial charge on any atom is 0.330 e. The number of aliphatic hydroxyl groups excluding tert-OH is 4. The third-order valence-electron chi connectivity index (χ3n) is 13.4. The molecule has 0 aromatic carbocycles. The highest BCUT2D eigenvalue weighted by molar-refractivity contribution is 5.91. The van der Waals surface area contributed by atoms with Crippen LogP contribution in [0, 0.1) is 53.3 Å². The average Bonchev–Trinajstić information content (AvgIpc) is 3.16. The van der Waals surface area contributed by atoms with Crippen molar-refractivity contribution in [1.29, 1.82) is 0 Å². The Morgan fingerprint density at radius 1 is 0.839 bits per heavy atom. The number of allylic oxidation sites excluding steroid dienone is 4. The molecule has 18 atom stereocenters. The molecule has 3 heterocycles. The van der Waals surface area contributed by atoms with Gasteiger partial charge in [0.1, 0.15) is 17.5 Å². The maximum atomic E-state index is 13.5. The Bertz CT molecular complexity index is 1390. The van der Waals surface area contributed by atoms with E-state index in [1.54, 1.807) is 20.8 Å². The number of fused-ring (bicyclic) bond motifs is 2. The van der Waals surface area contributed by atoms with Gasteiger partial charge in [-0.2, -0.15) is 0 Å². The van der Waals surface area contributed by atoms with E-state index in [-0.39, 0.29) is 35.9 Å². The molecule has 3 aliphatic heterocycles. The summed E-state index contributed by atoms with van der Waals surface area (Å²) >= 11 is 0. The molecule has 0 radical (unpaired) electrons. The lowest BCUT2D eigenvalue weighted by Gasteiger charge is -2.55. The molecule has 2 saturated heterocycles. The molecular weight excluding hydrogens is 716 g/mol. The molecule has 0 saturated carbocycles. The molecule has 0 aromatic rings. The first-order valence-electron chi connectivity index (χ1n) is 21.2. The van der Waals surface area contributed by atoms with Gasteiger partial charge in [0.2, 0.25) is 0 Å². The lowest BCUT2D eigenvalue weighted by molar-refractivity contribution is -0.371. The summed E-state index contributed by atoms with van der Waals surface area (Å²) in [6, 6.07) is 0. The summed E-state index contributed by atoms with van der Waals surface area (Å²) in [4.78, 5) is 40.5. The second-order valence-corrected chi connectivity index (χ2v) is 18.0. The van der Waals surface area contributed by atoms with Crippen molar-refractivity contribution >= 4 is 17.5 Å². The highest BCUT2D eigenvalue weighted by atomic mass is 16.7. The van der Waals surface area contributed by atoms with Crippen LogP contribution in [0.5, 0.6) is 0 Å². The highest BCUT2D eigenvalue weighted by Crippen LogP contribution is 2.49. The molecule has 11 heteroatoms. The van der Waals surface area contributed by atoms with Crippen molar-refractivity contribution in [1.82, 2.24) is 0 Å². The van der Waals surface area contributed by atoms with Gasteiger partial charge >= 0.3 is 5.97 Å². The number of ketones is 2. The van der Waals surface area contributed by atoms with Crippen LogP contribution in [-0.2, 0) is 28.6 Å². The number of Topliss-reactive ketones (excluding diaryl/α,β-unsaturated/α-hetero) is 2. The van der Waals surface area contributed by atoms with Gasteiger partial charge in [0.15, 0.2) is 11.6 Å². The second-order valence-electron chi connectivity index (χ2n) is 18.0. The molecule has 11 nitrogen and oxygen atoms in total. The number of aliphatic hydroxyl groups is 5. The SMILES string of the molecule is CC[C@H]1/C=C\C=C/C[C@@H](C)[C@H](O)[C@@](C)(O)C(=O)[C@@H](C)[C@H](O)[C@@H](C)C(=O)[C@@H](C)[C@H](O)[C@@H](C)/C=C\C(=O)O[C@@H]2[C@H](C)[C@H](CC1)O[C@@]1(CC[C@@H](C)[C@H](C[C@@H](C)O)O1)[C@H]2C. The van der Waals surface area contributed by atoms with E-state index in [2.05, 4.69) is 19.9 Å². The molecule has 320 valence electrons. The molecule has 56 heavy (non-hydrogen) atoms. The summed E-state index contributed by atoms with van der Waals surface area (Å²) < 4.78 is 20.0. The largest absolute Gasteiger partial charge is 0.458 e. The fourth-order valence-electron chi connectivity index (χ4n) is 9.01. The summed E-state index contributed by atoms with van der Waals surface area (Å²) in [5.41, 5.74) is -2.18. The van der Waals surface area contributed by atoms with E-state index in [1.807, 2.05) is 32.1 Å². The van der Waals surface area contributed by atoms with Crippen LogP contribution in [0.15, 0.2) is 36.5 Å². The first-order chi connectivity index (χ1) is 26.1. The van der Waals surface area contributed by atoms with Crippen molar-refractivity contribution in [3.63, 3.8) is 0 Å². The Kier molecular flexibility index (Phi) is 17.7. The molecule has 0 amide bonds. The summed E-state index contributed by atoms with van der Waals surface area (Å²) in [5.74, 6) is -7.28. The Labute approximate surface area is 336 Å². The van der Waals surface area contributed by atoms with Crippen LogP contribution in [0.2, 0.25) is 0 Å². The van der Waals surface area contributed by atoms with Crippen molar-refractivity contribution in [3.05, 3.63) is 36.5 Å². The number of esters is 1. The lowest BCUT2D eigenvalue weighted by Crippen LogP contribution is -2.62. The monoisotopic (exact) mass is 791 g/mol. The first-order valence-corrected chi connectivity index (χ1v) is 21.2. The molecular formula is C45H74O11. The number of carbonyl (C=O) groups is 3. The van der Waals surface area contributed by atoms with Crippen LogP contribution in [0.25, 0.3) is 0 Å². The van der Waals surface area contributed by atoms with E-state index in [1.165, 1.54) is 39.8 Å². The molecule has 0 aromatic heterocycles. The molecule has 3 rings (SSSR count). The number of carbonyl (C=O) groups excluding carboxylic acids is 3. The molecule has 2 fully saturated rings. The predicted molar refractivity (Wildman–Crippen MR) is 215 cm³/mol. The zero-order valence-electron chi connectivity index (χ0n) is 35.8. The normalized spacial score (nSPS) is 46.8. The van der Waals surface area contributed by atoms with Gasteiger partial charge in [-0.1, -0.05) is 92.7 Å². The van der Waals surface area contributed by atoms with E-state index in [9.17, 15) is 39.9 Å². The van der Waals surface area contributed by atoms with Crippen molar-refractivity contribution in [2.24, 2.45) is 53.3 Å². The maximum absolute atomic E-state index is 13.5. The fourth-order valence-corrected chi connectivity index (χ4v) is 9.01. The minimum absolute atomic E-state index is 0.168. The van der Waals surface area contributed by atoms with Crippen molar-refractivity contribution in [2.75, 3.05) is 0 Å². The van der Waals surface area contributed by atoms with Crippen LogP contribution < -0.4 is 0 Å². The average molecular weight is 791 g/mol. The number of hydrogen-bond donors (Lipinski definition) is 5. The van der Waals surface area contributed by atoms with Gasteiger partial charge in [0.25, 0.3) is 0 Å². The Hall–Kier alpha value is -2.25. The minimum Gasteiger partial charge on any atom is -0.458 e. The fraction of sp³-hybridized carbons (Fsp3) is 0.800. The summed E-state index contributed by atoms with van der Waals surface area (Å²) in [6.45, 7) is 19.1. The van der Waals surface area contributed by atoms with Gasteiger partial charge in [-0.15, -0.1) is 0 Å². The number of hydrogen-bond acceptors (Lipinski definition) is 11. The molecule has 3 aliphatic rings. The Morgan fingerprint density at radius 3 is 2.11 bits per heavy atom. The van der Waals surface area contributed by atoms with Gasteiger partial charge in [-0.25, -0.2) is 4.79 Å². The standard InChI is InChI=1S/C45H74O11/c1-12-34-17-15-13-14-16-27(4)42(51)44(11,53)43(52)32(9)40(50)31(8)39(49)30(7)38(48)26(3)18-21-37(47)54-41-29(6)35(20-19-34)55-45(33(41)10)23-22-25(2)36(56-45)24-28(5)46/h13-15,17-18,21,25-36,38,40-42,46,48,50-51,53H,12,16,19-20,22-24H2,1-11H3/b14-13-,17-15-,21-18-/t25-,26+,27-,28-,29-,30+,31+,32+,33+,34+,35+,36+,38-,40-,41-,42+,44-,45-/m1/s1. The molecule has 0 aliphatic carbocycles. The molecule has 1 spiro atoms. The highest BCUT2D eigenvalue weighted by Gasteiger charge is 2.56. The summed E-state index contributed by atoms with van der Waals surface area (Å²) in [5, 5.41) is 55.0. The van der Waals surface area contributed by atoms with Crippen LogP contribution in [0.1, 0.15) is 121 Å². The van der Waals surface area contributed by atoms with E-state index in [4.69, 9.17) is 14.2 Å². The topological polar surface area (TPSA) is 180 Å². The van der Waals surface area contributed by atoms with Crippen molar-refractivity contribution in [3.8, 4) is 0 Å². The zero-order valence-corrected chi connectivity index (χ0v) is 35.8. The zero-order chi connectivity index (χ0) is 42.3. The van der Waals surface area contributed by atoms with Gasteiger partial charge in [0.05, 0.1) is 36.6 Å². The van der Waals surface area contributed by atoms with E-state index in [0.717, 1.165) is 19.3 Å². The third kappa shape index (κ3) is 11.5. The van der Waals surface area contributed by atoms with Crippen LogP contribution >= 0.6 is 0 Å².